The zero-order valence-electron chi connectivity index (χ0n) is 16.1. The number of rotatable bonds is 5. The lowest BCUT2D eigenvalue weighted by atomic mass is 10.1. The Kier molecular flexibility index (Phi) is 5.09. The van der Waals surface area contributed by atoms with Gasteiger partial charge in [-0.05, 0) is 30.7 Å². The Hall–Kier alpha value is -4.26. The van der Waals surface area contributed by atoms with Crippen LogP contribution in [0.4, 0.5) is 11.4 Å². The molecule has 148 valence electrons. The molecule has 7 heteroatoms. The van der Waals surface area contributed by atoms with Crippen molar-refractivity contribution >= 4 is 17.3 Å². The molecule has 0 saturated carbocycles. The third-order valence-electron chi connectivity index (χ3n) is 4.70. The van der Waals surface area contributed by atoms with Crippen LogP contribution in [-0.4, -0.2) is 20.6 Å². The molecule has 1 aromatic heterocycles. The minimum absolute atomic E-state index is 0.0210. The Balaban J connectivity index is 1.73. The van der Waals surface area contributed by atoms with Crippen molar-refractivity contribution in [1.82, 2.24) is 9.78 Å². The van der Waals surface area contributed by atoms with Crippen molar-refractivity contribution in [1.29, 1.82) is 0 Å². The fourth-order valence-electron chi connectivity index (χ4n) is 3.15. The Labute approximate surface area is 172 Å². The summed E-state index contributed by atoms with van der Waals surface area (Å²) in [7, 11) is 0. The normalized spacial score (nSPS) is 10.6. The Bertz CT molecular complexity index is 1220. The number of aryl methyl sites for hydroxylation is 1. The first-order valence-corrected chi connectivity index (χ1v) is 9.30. The maximum atomic E-state index is 13.1. The third-order valence-corrected chi connectivity index (χ3v) is 4.70. The van der Waals surface area contributed by atoms with Crippen LogP contribution in [-0.2, 0) is 0 Å². The molecule has 0 spiro atoms. The van der Waals surface area contributed by atoms with Crippen LogP contribution in [0.1, 0.15) is 15.9 Å². The minimum Gasteiger partial charge on any atom is -0.322 e. The summed E-state index contributed by atoms with van der Waals surface area (Å²) in [6.45, 7) is 1.72. The second kappa shape index (κ2) is 8.00. The smallest absolute Gasteiger partial charge is 0.269 e. The van der Waals surface area contributed by atoms with Crippen molar-refractivity contribution in [2.45, 2.75) is 6.92 Å². The van der Waals surface area contributed by atoms with Crippen LogP contribution in [0.3, 0.4) is 0 Å². The van der Waals surface area contributed by atoms with Crippen molar-refractivity contribution in [3.63, 3.8) is 0 Å². The van der Waals surface area contributed by atoms with Gasteiger partial charge in [-0.2, -0.15) is 5.10 Å². The average molecular weight is 398 g/mol. The third kappa shape index (κ3) is 3.81. The molecule has 30 heavy (non-hydrogen) atoms. The summed E-state index contributed by atoms with van der Waals surface area (Å²) >= 11 is 0. The first-order valence-electron chi connectivity index (χ1n) is 9.30. The molecule has 0 unspecified atom stereocenters. The van der Waals surface area contributed by atoms with Gasteiger partial charge >= 0.3 is 0 Å². The van der Waals surface area contributed by atoms with Crippen LogP contribution in [0.25, 0.3) is 16.9 Å². The highest BCUT2D eigenvalue weighted by Crippen LogP contribution is 2.26. The molecule has 0 aliphatic rings. The number of carbonyl (C=O) groups is 1. The van der Waals surface area contributed by atoms with E-state index in [0.717, 1.165) is 11.3 Å². The molecule has 4 rings (SSSR count). The lowest BCUT2D eigenvalue weighted by Gasteiger charge is -2.08. The van der Waals surface area contributed by atoms with Gasteiger partial charge in [-0.15, -0.1) is 0 Å². The lowest BCUT2D eigenvalue weighted by molar-refractivity contribution is -0.384. The molecule has 1 heterocycles. The summed E-state index contributed by atoms with van der Waals surface area (Å²) in [5.74, 6) is -0.340. The highest BCUT2D eigenvalue weighted by Gasteiger charge is 2.20. The van der Waals surface area contributed by atoms with Crippen molar-refractivity contribution in [3.05, 3.63) is 106 Å². The molecule has 0 aliphatic carbocycles. The molecule has 0 bridgehead atoms. The highest BCUT2D eigenvalue weighted by atomic mass is 16.6. The van der Waals surface area contributed by atoms with Crippen LogP contribution < -0.4 is 5.32 Å². The first kappa shape index (κ1) is 19.1. The molecule has 4 aromatic rings. The summed E-state index contributed by atoms with van der Waals surface area (Å²) in [5.41, 5.74) is 3.70. The van der Waals surface area contributed by atoms with Gasteiger partial charge in [0.25, 0.3) is 11.6 Å². The number of nitro groups is 1. The number of non-ortho nitro benzene ring substituents is 1. The molecule has 0 saturated heterocycles. The van der Waals surface area contributed by atoms with Gasteiger partial charge in [0.2, 0.25) is 0 Å². The predicted octanol–water partition coefficient (Wildman–Crippen LogP) is 5.01. The average Bonchev–Trinajstić information content (AvgIpc) is 3.22. The van der Waals surface area contributed by atoms with Gasteiger partial charge in [0.15, 0.2) is 0 Å². The number of hydrogen-bond acceptors (Lipinski definition) is 4. The lowest BCUT2D eigenvalue weighted by Crippen LogP contribution is -2.13. The van der Waals surface area contributed by atoms with Crippen LogP contribution in [0.15, 0.2) is 85.1 Å². The van der Waals surface area contributed by atoms with E-state index >= 15 is 0 Å². The van der Waals surface area contributed by atoms with Gasteiger partial charge in [0, 0.05) is 29.6 Å². The predicted molar refractivity (Wildman–Crippen MR) is 115 cm³/mol. The molecular weight excluding hydrogens is 380 g/mol. The molecule has 0 aliphatic heterocycles. The highest BCUT2D eigenvalue weighted by molar-refractivity contribution is 6.08. The fourth-order valence-corrected chi connectivity index (χ4v) is 3.15. The molecule has 0 radical (unpaired) electrons. The summed E-state index contributed by atoms with van der Waals surface area (Å²) < 4.78 is 1.67. The van der Waals surface area contributed by atoms with Crippen LogP contribution in [0.2, 0.25) is 0 Å². The number of para-hydroxylation sites is 1. The van der Waals surface area contributed by atoms with Gasteiger partial charge < -0.3 is 5.32 Å². The van der Waals surface area contributed by atoms with Gasteiger partial charge in [-0.1, -0.05) is 48.5 Å². The molecule has 1 amide bonds. The van der Waals surface area contributed by atoms with Gasteiger partial charge in [0.05, 0.1) is 16.2 Å². The Morgan fingerprint density at radius 3 is 2.30 bits per heavy atom. The van der Waals surface area contributed by atoms with Crippen LogP contribution in [0.5, 0.6) is 0 Å². The number of carbonyl (C=O) groups excluding carboxylic acids is 1. The van der Waals surface area contributed by atoms with E-state index in [1.54, 1.807) is 17.8 Å². The molecule has 7 nitrogen and oxygen atoms in total. The number of hydrogen-bond donors (Lipinski definition) is 1. The van der Waals surface area contributed by atoms with Crippen molar-refractivity contribution in [3.8, 4) is 16.9 Å². The van der Waals surface area contributed by atoms with Gasteiger partial charge in [-0.3, -0.25) is 14.9 Å². The number of nitrogens with zero attached hydrogens (tertiary/aromatic N) is 3. The number of anilines is 1. The monoisotopic (exact) mass is 398 g/mol. The van der Waals surface area contributed by atoms with Crippen molar-refractivity contribution < 1.29 is 9.72 Å². The quantitative estimate of drug-likeness (QED) is 0.378. The SMILES string of the molecule is Cc1cc([N+](=O)[O-])ccc1NC(=O)c1cn(-c2ccccc2)nc1-c1ccccc1. The van der Waals surface area contributed by atoms with Crippen LogP contribution in [0, 0.1) is 17.0 Å². The van der Waals surface area contributed by atoms with E-state index in [2.05, 4.69) is 10.4 Å². The number of amides is 1. The van der Waals surface area contributed by atoms with E-state index in [0.29, 0.717) is 22.5 Å². The molecule has 3 aromatic carbocycles. The van der Waals surface area contributed by atoms with E-state index in [1.807, 2.05) is 60.7 Å². The Morgan fingerprint density at radius 2 is 1.67 bits per heavy atom. The number of aromatic nitrogens is 2. The topological polar surface area (TPSA) is 90.1 Å². The van der Waals surface area contributed by atoms with Crippen molar-refractivity contribution in [2.75, 3.05) is 5.32 Å². The van der Waals surface area contributed by atoms with E-state index in [-0.39, 0.29) is 11.6 Å². The second-order valence-electron chi connectivity index (χ2n) is 6.75. The molecule has 1 N–H and O–H groups in total. The Morgan fingerprint density at radius 1 is 1.00 bits per heavy atom. The number of nitrogens with one attached hydrogen (secondary N) is 1. The summed E-state index contributed by atoms with van der Waals surface area (Å²) in [4.78, 5) is 23.6. The molecule has 0 atom stereocenters. The number of nitro benzene ring substituents is 1. The fraction of sp³-hybridized carbons (Fsp3) is 0.0435. The van der Waals surface area contributed by atoms with Gasteiger partial charge in [0.1, 0.15) is 5.69 Å². The van der Waals surface area contributed by atoms with Crippen LogP contribution >= 0.6 is 0 Å². The van der Waals surface area contributed by atoms with E-state index in [1.165, 1.54) is 18.2 Å². The van der Waals surface area contributed by atoms with E-state index < -0.39 is 4.92 Å². The number of benzene rings is 3. The minimum atomic E-state index is -0.462. The largest absolute Gasteiger partial charge is 0.322 e. The zero-order valence-corrected chi connectivity index (χ0v) is 16.1. The summed E-state index contributed by atoms with van der Waals surface area (Å²) in [6.07, 6.45) is 1.69. The molecule has 0 fully saturated rings. The maximum Gasteiger partial charge on any atom is 0.269 e. The second-order valence-corrected chi connectivity index (χ2v) is 6.75. The summed E-state index contributed by atoms with van der Waals surface area (Å²) in [6, 6.07) is 23.3. The standard InChI is InChI=1S/C23H18N4O3/c1-16-14-19(27(29)30)12-13-21(16)24-23(28)20-15-26(18-10-6-3-7-11-18)25-22(20)17-8-4-2-5-9-17/h2-15H,1H3,(H,24,28). The zero-order chi connectivity index (χ0) is 21.1. The summed E-state index contributed by atoms with van der Waals surface area (Å²) in [5, 5.41) is 18.4. The maximum absolute atomic E-state index is 13.1. The van der Waals surface area contributed by atoms with E-state index in [4.69, 9.17) is 0 Å². The van der Waals surface area contributed by atoms with Gasteiger partial charge in [-0.25, -0.2) is 4.68 Å². The van der Waals surface area contributed by atoms with Crippen molar-refractivity contribution in [2.24, 2.45) is 0 Å². The molecular formula is C23H18N4O3. The first-order chi connectivity index (χ1) is 14.5. The van der Waals surface area contributed by atoms with E-state index in [9.17, 15) is 14.9 Å².